The largest absolute Gasteiger partial charge is 0.507 e. The minimum atomic E-state index is -1.09. The zero-order chi connectivity index (χ0) is 22.4. The van der Waals surface area contributed by atoms with Crippen molar-refractivity contribution in [1.29, 1.82) is 0 Å². The molecule has 0 radical (unpaired) electrons. The smallest absolute Gasteiger partial charge is 0.354 e. The Morgan fingerprint density at radius 1 is 1.10 bits per heavy atom. The number of carboxylic acids is 1. The van der Waals surface area contributed by atoms with Crippen molar-refractivity contribution in [3.63, 3.8) is 0 Å². The number of rotatable bonds is 9. The Kier molecular flexibility index (Phi) is 6.87. The summed E-state index contributed by atoms with van der Waals surface area (Å²) < 4.78 is 5.95. The fraction of sp³-hybridized carbons (Fsp3) is 0.208. The van der Waals surface area contributed by atoms with Crippen molar-refractivity contribution in [3.05, 3.63) is 77.0 Å². The van der Waals surface area contributed by atoms with Crippen molar-refractivity contribution in [1.82, 2.24) is 4.98 Å². The Balaban J connectivity index is 1.76. The first-order valence-corrected chi connectivity index (χ1v) is 9.94. The fourth-order valence-corrected chi connectivity index (χ4v) is 3.20. The van der Waals surface area contributed by atoms with Crippen molar-refractivity contribution < 1.29 is 24.5 Å². The Morgan fingerprint density at radius 3 is 2.58 bits per heavy atom. The molecule has 7 heteroatoms. The molecule has 0 saturated carbocycles. The van der Waals surface area contributed by atoms with Gasteiger partial charge in [-0.1, -0.05) is 31.5 Å². The summed E-state index contributed by atoms with van der Waals surface area (Å²) in [5.41, 5.74) is 2.48. The number of pyridine rings is 1. The number of anilines is 2. The lowest BCUT2D eigenvalue weighted by atomic mass is 10.0. The van der Waals surface area contributed by atoms with E-state index in [9.17, 15) is 14.7 Å². The number of phenolic OH excluding ortho intramolecular Hbond substituents is 1. The summed E-state index contributed by atoms with van der Waals surface area (Å²) in [6.07, 6.45) is 1.39. The van der Waals surface area contributed by atoms with E-state index in [2.05, 4.69) is 10.3 Å². The van der Waals surface area contributed by atoms with Crippen LogP contribution in [0.15, 0.2) is 54.6 Å². The van der Waals surface area contributed by atoms with Crippen LogP contribution in [0.5, 0.6) is 11.5 Å². The lowest BCUT2D eigenvalue weighted by Crippen LogP contribution is -2.04. The predicted octanol–water partition coefficient (Wildman–Crippen LogP) is 4.96. The highest BCUT2D eigenvalue weighted by atomic mass is 16.5. The quantitative estimate of drug-likeness (QED) is 0.420. The molecule has 0 aliphatic carbocycles. The number of nitrogens with one attached hydrogen (secondary N) is 1. The summed E-state index contributed by atoms with van der Waals surface area (Å²) >= 11 is 0. The summed E-state index contributed by atoms with van der Waals surface area (Å²) in [6.45, 7) is 3.67. The molecule has 31 heavy (non-hydrogen) atoms. The van der Waals surface area contributed by atoms with E-state index in [1.165, 1.54) is 13.0 Å². The topological polar surface area (TPSA) is 109 Å². The lowest BCUT2D eigenvalue weighted by molar-refractivity contribution is 0.0690. The van der Waals surface area contributed by atoms with Gasteiger partial charge in [0.2, 0.25) is 0 Å². The number of carbonyl (C=O) groups is 2. The number of carboxylic acid groups (broad SMARTS) is 1. The van der Waals surface area contributed by atoms with E-state index >= 15 is 0 Å². The third kappa shape index (κ3) is 5.39. The maximum Gasteiger partial charge on any atom is 0.354 e. The molecule has 1 heterocycles. The summed E-state index contributed by atoms with van der Waals surface area (Å²) in [6, 6.07) is 15.5. The predicted molar refractivity (Wildman–Crippen MR) is 117 cm³/mol. The van der Waals surface area contributed by atoms with Gasteiger partial charge >= 0.3 is 5.97 Å². The van der Waals surface area contributed by atoms with Crippen LogP contribution in [0.1, 0.15) is 52.2 Å². The summed E-state index contributed by atoms with van der Waals surface area (Å²) in [7, 11) is 0. The Bertz CT molecular complexity index is 1110. The van der Waals surface area contributed by atoms with Crippen LogP contribution in [0, 0.1) is 0 Å². The molecule has 1 aromatic heterocycles. The zero-order valence-corrected chi connectivity index (χ0v) is 17.4. The number of aromatic nitrogens is 1. The van der Waals surface area contributed by atoms with Gasteiger partial charge in [-0.05, 0) is 55.3 Å². The van der Waals surface area contributed by atoms with Gasteiger partial charge in [0, 0.05) is 11.3 Å². The average Bonchev–Trinajstić information content (AvgIpc) is 2.74. The Hall–Kier alpha value is -3.87. The molecule has 7 nitrogen and oxygen atoms in total. The van der Waals surface area contributed by atoms with Crippen LogP contribution >= 0.6 is 0 Å². The third-order valence-electron chi connectivity index (χ3n) is 4.68. The van der Waals surface area contributed by atoms with Gasteiger partial charge in [-0.2, -0.15) is 0 Å². The van der Waals surface area contributed by atoms with Crippen LogP contribution in [-0.4, -0.2) is 26.9 Å². The number of Topliss-reactive ketones (excluding diaryl/α,β-unsaturated/α-hetero) is 1. The highest BCUT2D eigenvalue weighted by Crippen LogP contribution is 2.33. The normalized spacial score (nSPS) is 10.5. The van der Waals surface area contributed by atoms with E-state index in [0.717, 1.165) is 17.7 Å². The fourth-order valence-electron chi connectivity index (χ4n) is 3.20. The SMILES string of the molecule is CCCc1c(OCc2cccc(Nc3cccc(C(=O)O)n3)c2)ccc(C(C)=O)c1O. The number of ketones is 1. The van der Waals surface area contributed by atoms with Gasteiger partial charge in [-0.3, -0.25) is 4.79 Å². The van der Waals surface area contributed by atoms with Gasteiger partial charge in [0.25, 0.3) is 0 Å². The van der Waals surface area contributed by atoms with E-state index in [4.69, 9.17) is 9.84 Å². The third-order valence-corrected chi connectivity index (χ3v) is 4.68. The molecule has 3 N–H and O–H groups in total. The molecular formula is C24H24N2O5. The molecule has 160 valence electrons. The highest BCUT2D eigenvalue weighted by molar-refractivity contribution is 5.97. The van der Waals surface area contributed by atoms with Crippen LogP contribution < -0.4 is 10.1 Å². The van der Waals surface area contributed by atoms with Gasteiger partial charge in [0.1, 0.15) is 23.9 Å². The van der Waals surface area contributed by atoms with E-state index in [0.29, 0.717) is 23.6 Å². The van der Waals surface area contributed by atoms with Crippen LogP contribution in [0.4, 0.5) is 11.5 Å². The summed E-state index contributed by atoms with van der Waals surface area (Å²) in [5.74, 6) is -0.341. The molecule has 3 rings (SSSR count). The second-order valence-corrected chi connectivity index (χ2v) is 7.07. The summed E-state index contributed by atoms with van der Waals surface area (Å²) in [5, 5.41) is 22.7. The lowest BCUT2D eigenvalue weighted by Gasteiger charge is -2.15. The molecular weight excluding hydrogens is 396 g/mol. The maximum absolute atomic E-state index is 11.7. The van der Waals surface area contributed by atoms with E-state index in [1.807, 2.05) is 31.2 Å². The number of benzene rings is 2. The first-order chi connectivity index (χ1) is 14.9. The molecule has 0 aliphatic rings. The van der Waals surface area contributed by atoms with E-state index in [1.54, 1.807) is 24.3 Å². The number of ether oxygens (including phenoxy) is 1. The van der Waals surface area contributed by atoms with Crippen LogP contribution in [0.3, 0.4) is 0 Å². The molecule has 3 aromatic rings. The van der Waals surface area contributed by atoms with Gasteiger partial charge in [-0.15, -0.1) is 0 Å². The number of phenols is 1. The van der Waals surface area contributed by atoms with Crippen molar-refractivity contribution >= 4 is 23.3 Å². The van der Waals surface area contributed by atoms with Crippen molar-refractivity contribution in [3.8, 4) is 11.5 Å². The van der Waals surface area contributed by atoms with Crippen molar-refractivity contribution in [2.75, 3.05) is 5.32 Å². The first kappa shape index (κ1) is 21.8. The number of carbonyl (C=O) groups excluding carboxylic acids is 1. The minimum absolute atomic E-state index is 0.0216. The van der Waals surface area contributed by atoms with E-state index in [-0.39, 0.29) is 29.4 Å². The van der Waals surface area contributed by atoms with Crippen LogP contribution in [0.2, 0.25) is 0 Å². The molecule has 0 unspecified atom stereocenters. The van der Waals surface area contributed by atoms with Crippen LogP contribution in [0.25, 0.3) is 0 Å². The number of hydrogen-bond acceptors (Lipinski definition) is 6. The second-order valence-electron chi connectivity index (χ2n) is 7.07. The van der Waals surface area contributed by atoms with Gasteiger partial charge in [0.05, 0.1) is 5.56 Å². The second kappa shape index (κ2) is 9.75. The molecule has 2 aromatic carbocycles. The molecule has 0 saturated heterocycles. The standard InChI is InChI=1S/C24H24N2O5/c1-3-6-19-21(12-11-18(15(2)27)23(19)28)31-14-16-7-4-8-17(13-16)25-22-10-5-9-20(26-22)24(29)30/h4-5,7-13,28H,3,6,14H2,1-2H3,(H,25,26)(H,29,30). The molecule has 0 spiro atoms. The van der Waals surface area contributed by atoms with Crippen molar-refractivity contribution in [2.24, 2.45) is 0 Å². The van der Waals surface area contributed by atoms with Gasteiger partial charge in [-0.25, -0.2) is 9.78 Å². The Morgan fingerprint density at radius 2 is 1.87 bits per heavy atom. The van der Waals surface area contributed by atoms with Crippen LogP contribution in [-0.2, 0) is 13.0 Å². The van der Waals surface area contributed by atoms with Crippen molar-refractivity contribution in [2.45, 2.75) is 33.3 Å². The van der Waals surface area contributed by atoms with Gasteiger partial charge in [0.15, 0.2) is 11.5 Å². The minimum Gasteiger partial charge on any atom is -0.507 e. The highest BCUT2D eigenvalue weighted by Gasteiger charge is 2.16. The molecule has 0 fully saturated rings. The Labute approximate surface area is 180 Å². The number of nitrogens with zero attached hydrogens (tertiary/aromatic N) is 1. The van der Waals surface area contributed by atoms with E-state index < -0.39 is 5.97 Å². The average molecular weight is 420 g/mol. The number of aromatic carboxylic acids is 1. The zero-order valence-electron chi connectivity index (χ0n) is 17.4. The molecule has 0 atom stereocenters. The molecule has 0 bridgehead atoms. The molecule has 0 amide bonds. The number of aromatic hydroxyl groups is 1. The summed E-state index contributed by atoms with van der Waals surface area (Å²) in [4.78, 5) is 26.9. The number of hydrogen-bond donors (Lipinski definition) is 3. The monoisotopic (exact) mass is 420 g/mol. The first-order valence-electron chi connectivity index (χ1n) is 9.94. The molecule has 0 aliphatic heterocycles. The van der Waals surface area contributed by atoms with Gasteiger partial charge < -0.3 is 20.3 Å². The maximum atomic E-state index is 11.7.